The van der Waals surface area contributed by atoms with Gasteiger partial charge in [0, 0.05) is 23.9 Å². The number of hydrogen-bond donors (Lipinski definition) is 1. The molecule has 0 saturated carbocycles. The van der Waals surface area contributed by atoms with Crippen molar-refractivity contribution in [3.8, 4) is 0 Å². The van der Waals surface area contributed by atoms with Crippen molar-refractivity contribution < 1.29 is 23.9 Å². The number of ketones is 1. The van der Waals surface area contributed by atoms with Gasteiger partial charge in [0.15, 0.2) is 5.76 Å². The van der Waals surface area contributed by atoms with Gasteiger partial charge in [0.1, 0.15) is 9.90 Å². The van der Waals surface area contributed by atoms with E-state index in [-0.39, 0.29) is 30.4 Å². The summed E-state index contributed by atoms with van der Waals surface area (Å²) in [5, 5.41) is 9.58. The first-order valence-electron chi connectivity index (χ1n) is 12.0. The van der Waals surface area contributed by atoms with E-state index in [0.717, 1.165) is 23.8 Å². The average Bonchev–Trinajstić information content (AvgIpc) is 3.40. The molecule has 2 aromatic carbocycles. The normalized spacial score (nSPS) is 14.8. The molecule has 1 fully saturated rings. The van der Waals surface area contributed by atoms with Gasteiger partial charge in [-0.3, -0.25) is 19.3 Å². The van der Waals surface area contributed by atoms with Gasteiger partial charge in [0.05, 0.1) is 4.91 Å². The molecule has 0 radical (unpaired) electrons. The van der Waals surface area contributed by atoms with Gasteiger partial charge in [0.25, 0.3) is 5.91 Å². The Morgan fingerprint density at radius 3 is 2.58 bits per heavy atom. The van der Waals surface area contributed by atoms with Gasteiger partial charge in [-0.2, -0.15) is 0 Å². The summed E-state index contributed by atoms with van der Waals surface area (Å²) in [7, 11) is 0. The van der Waals surface area contributed by atoms with Crippen molar-refractivity contribution >= 4 is 63.0 Å². The first kappa shape index (κ1) is 25.9. The van der Waals surface area contributed by atoms with Crippen LogP contribution in [0, 0.1) is 0 Å². The Morgan fingerprint density at radius 1 is 1.08 bits per heavy atom. The van der Waals surface area contributed by atoms with Crippen molar-refractivity contribution in [3.63, 3.8) is 0 Å². The van der Waals surface area contributed by atoms with Gasteiger partial charge in [-0.1, -0.05) is 74.1 Å². The highest BCUT2D eigenvalue weighted by Crippen LogP contribution is 2.33. The number of unbranched alkanes of at least 4 members (excludes halogenated alkanes) is 2. The largest absolute Gasteiger partial charge is 0.481 e. The van der Waals surface area contributed by atoms with Crippen molar-refractivity contribution in [2.24, 2.45) is 0 Å². The number of rotatable bonds is 11. The predicted molar refractivity (Wildman–Crippen MR) is 146 cm³/mol. The molecular formula is C28H27NO5S2. The summed E-state index contributed by atoms with van der Waals surface area (Å²) >= 11 is 6.51. The molecule has 8 heteroatoms. The number of amides is 1. The van der Waals surface area contributed by atoms with E-state index in [1.807, 2.05) is 36.4 Å². The number of aliphatic carboxylic acids is 1. The highest BCUT2D eigenvalue weighted by molar-refractivity contribution is 8.26. The van der Waals surface area contributed by atoms with E-state index < -0.39 is 5.97 Å². The molecule has 1 N–H and O–H groups in total. The van der Waals surface area contributed by atoms with Crippen LogP contribution in [-0.4, -0.2) is 38.5 Å². The van der Waals surface area contributed by atoms with Crippen LogP contribution < -0.4 is 0 Å². The molecule has 1 aromatic heterocycles. The number of thioether (sulfide) groups is 1. The van der Waals surface area contributed by atoms with E-state index in [2.05, 4.69) is 6.92 Å². The smallest absolute Gasteiger partial charge is 0.303 e. The number of carboxylic acids is 1. The maximum atomic E-state index is 13.0. The molecule has 1 amide bonds. The zero-order valence-electron chi connectivity index (χ0n) is 20.0. The average molecular weight is 522 g/mol. The van der Waals surface area contributed by atoms with Crippen molar-refractivity contribution in [2.45, 2.75) is 45.4 Å². The van der Waals surface area contributed by atoms with Gasteiger partial charge in [-0.25, -0.2) is 0 Å². The minimum absolute atomic E-state index is 0.0164. The Morgan fingerprint density at radius 2 is 1.86 bits per heavy atom. The van der Waals surface area contributed by atoms with Gasteiger partial charge in [-0.05, 0) is 54.7 Å². The lowest BCUT2D eigenvalue weighted by Gasteiger charge is -2.13. The highest BCUT2D eigenvalue weighted by Gasteiger charge is 2.31. The molecule has 1 saturated heterocycles. The van der Waals surface area contributed by atoms with Gasteiger partial charge >= 0.3 is 5.97 Å². The van der Waals surface area contributed by atoms with Crippen LogP contribution in [0.2, 0.25) is 0 Å². The zero-order chi connectivity index (χ0) is 25.7. The van der Waals surface area contributed by atoms with Gasteiger partial charge in [-0.15, -0.1) is 0 Å². The minimum atomic E-state index is -0.901. The quantitative estimate of drug-likeness (QED) is 0.134. The standard InChI is InChI=1S/C28H27NO5S2/c1-2-3-4-6-18-8-11-20(12-9-18)26(32)23-17-21-15-19(10-13-22(21)34-23)16-24-27(33)29(28(35)36-24)14-5-7-25(30)31/h8-13,15-17H,2-7,14H2,1H3,(H,30,31)/b24-16-. The molecule has 0 aliphatic carbocycles. The lowest BCUT2D eigenvalue weighted by Crippen LogP contribution is -2.29. The zero-order valence-corrected chi connectivity index (χ0v) is 21.6. The lowest BCUT2D eigenvalue weighted by molar-refractivity contribution is -0.137. The number of benzene rings is 2. The predicted octanol–water partition coefficient (Wildman–Crippen LogP) is 6.46. The summed E-state index contributed by atoms with van der Waals surface area (Å²) in [4.78, 5) is 38.4. The lowest BCUT2D eigenvalue weighted by atomic mass is 10.0. The molecule has 36 heavy (non-hydrogen) atoms. The third kappa shape index (κ3) is 6.12. The molecule has 1 aliphatic heterocycles. The van der Waals surface area contributed by atoms with Gasteiger partial charge < -0.3 is 9.52 Å². The molecule has 1 aliphatic rings. The van der Waals surface area contributed by atoms with Crippen LogP contribution in [0.1, 0.15) is 66.3 Å². The fraction of sp³-hybridized carbons (Fsp3) is 0.286. The summed E-state index contributed by atoms with van der Waals surface area (Å²) in [6.07, 6.45) is 6.61. The maximum Gasteiger partial charge on any atom is 0.303 e. The molecule has 3 aromatic rings. The molecule has 0 atom stereocenters. The van der Waals surface area contributed by atoms with Crippen LogP contribution in [0.25, 0.3) is 17.0 Å². The summed E-state index contributed by atoms with van der Waals surface area (Å²) in [5.74, 6) is -1.03. The molecule has 2 heterocycles. The second kappa shape index (κ2) is 11.7. The second-order valence-corrected chi connectivity index (χ2v) is 10.4. The number of carbonyl (C=O) groups excluding carboxylic acids is 2. The first-order chi connectivity index (χ1) is 17.4. The van der Waals surface area contributed by atoms with Crippen molar-refractivity contribution in [1.29, 1.82) is 0 Å². The van der Waals surface area contributed by atoms with Crippen molar-refractivity contribution in [1.82, 2.24) is 4.90 Å². The molecule has 0 spiro atoms. The fourth-order valence-corrected chi connectivity index (χ4v) is 5.35. The summed E-state index contributed by atoms with van der Waals surface area (Å²) in [6.45, 7) is 2.46. The summed E-state index contributed by atoms with van der Waals surface area (Å²) < 4.78 is 6.24. The van der Waals surface area contributed by atoms with Crippen molar-refractivity contribution in [2.75, 3.05) is 6.54 Å². The minimum Gasteiger partial charge on any atom is -0.481 e. The number of carboxylic acid groups (broad SMARTS) is 1. The Balaban J connectivity index is 1.47. The number of fused-ring (bicyclic) bond motifs is 1. The first-order valence-corrected chi connectivity index (χ1v) is 13.2. The monoisotopic (exact) mass is 521 g/mol. The number of hydrogen-bond acceptors (Lipinski definition) is 6. The Labute approximate surface area is 219 Å². The number of carbonyl (C=O) groups is 3. The Bertz CT molecular complexity index is 1340. The fourth-order valence-electron chi connectivity index (χ4n) is 4.04. The molecule has 0 bridgehead atoms. The number of thiocarbonyl (C=S) groups is 1. The van der Waals surface area contributed by atoms with Crippen LogP contribution >= 0.6 is 24.0 Å². The molecule has 0 unspecified atom stereocenters. The van der Waals surface area contributed by atoms with E-state index in [0.29, 0.717) is 26.8 Å². The topological polar surface area (TPSA) is 87.8 Å². The van der Waals surface area contributed by atoms with E-state index in [1.165, 1.54) is 35.1 Å². The molecule has 6 nitrogen and oxygen atoms in total. The van der Waals surface area contributed by atoms with Crippen LogP contribution in [0.5, 0.6) is 0 Å². The second-order valence-electron chi connectivity index (χ2n) is 8.72. The maximum absolute atomic E-state index is 13.0. The molecular weight excluding hydrogens is 494 g/mol. The van der Waals surface area contributed by atoms with E-state index >= 15 is 0 Å². The van der Waals surface area contributed by atoms with E-state index in [1.54, 1.807) is 18.2 Å². The molecule has 4 rings (SSSR count). The van der Waals surface area contributed by atoms with Crippen molar-refractivity contribution in [3.05, 3.63) is 75.9 Å². The Kier molecular flexibility index (Phi) is 8.38. The van der Waals surface area contributed by atoms with Gasteiger partial charge in [0.2, 0.25) is 5.78 Å². The van der Waals surface area contributed by atoms with Crippen LogP contribution in [-0.2, 0) is 16.0 Å². The molecule has 186 valence electrons. The van der Waals surface area contributed by atoms with Crippen LogP contribution in [0.15, 0.2) is 57.9 Å². The number of nitrogens with zero attached hydrogens (tertiary/aromatic N) is 1. The number of furan rings is 1. The van der Waals surface area contributed by atoms with Crippen LogP contribution in [0.3, 0.4) is 0 Å². The van der Waals surface area contributed by atoms with Crippen LogP contribution in [0.4, 0.5) is 0 Å². The third-order valence-corrected chi connectivity index (χ3v) is 7.37. The summed E-state index contributed by atoms with van der Waals surface area (Å²) in [5.41, 5.74) is 3.18. The number of aryl methyl sites for hydroxylation is 1. The Hall–Kier alpha value is -3.23. The highest BCUT2D eigenvalue weighted by atomic mass is 32.2. The van der Waals surface area contributed by atoms with E-state index in [9.17, 15) is 14.4 Å². The SMILES string of the molecule is CCCCCc1ccc(C(=O)c2cc3cc(/C=C4\SC(=S)N(CCCC(=O)O)C4=O)ccc3o2)cc1. The summed E-state index contributed by atoms with van der Waals surface area (Å²) in [6, 6.07) is 14.9. The third-order valence-electron chi connectivity index (χ3n) is 5.99. The van der Waals surface area contributed by atoms with E-state index in [4.69, 9.17) is 21.7 Å².